The molecule has 3 heteroatoms. The van der Waals surface area contributed by atoms with Crippen molar-refractivity contribution < 1.29 is 9.53 Å². The first kappa shape index (κ1) is 16.0. The van der Waals surface area contributed by atoms with Gasteiger partial charge in [-0.1, -0.05) is 50.6 Å². The molecular weight excluding hydrogens is 375 g/mol. The Morgan fingerprint density at radius 1 is 1.10 bits per heavy atom. The lowest BCUT2D eigenvalue weighted by molar-refractivity contribution is 0.0730. The summed E-state index contributed by atoms with van der Waals surface area (Å²) < 4.78 is 6.54. The Labute approximate surface area is 139 Å². The fourth-order valence-electron chi connectivity index (χ4n) is 2.10. The van der Waals surface area contributed by atoms with E-state index in [0.29, 0.717) is 11.3 Å². The number of hydrogen-bond acceptors (Lipinski definition) is 2. The van der Waals surface area contributed by atoms with Gasteiger partial charge in [-0.25, -0.2) is 4.79 Å². The third kappa shape index (κ3) is 3.84. The predicted molar refractivity (Wildman–Crippen MR) is 94.0 cm³/mol. The molecule has 0 aromatic heterocycles. The number of carbonyl (C=O) groups is 1. The van der Waals surface area contributed by atoms with E-state index < -0.39 is 0 Å². The Morgan fingerprint density at radius 3 is 2.38 bits per heavy atom. The number of halogens is 1. The van der Waals surface area contributed by atoms with E-state index in [4.69, 9.17) is 4.74 Å². The highest BCUT2D eigenvalue weighted by Crippen LogP contribution is 2.32. The molecule has 2 nitrogen and oxygen atoms in total. The van der Waals surface area contributed by atoms with Crippen molar-refractivity contribution in [2.45, 2.75) is 33.1 Å². The molecule has 0 spiro atoms. The van der Waals surface area contributed by atoms with Crippen LogP contribution in [0.2, 0.25) is 0 Å². The van der Waals surface area contributed by atoms with Crippen molar-refractivity contribution in [1.29, 1.82) is 0 Å². The lowest BCUT2D eigenvalue weighted by Crippen LogP contribution is -2.17. The first-order chi connectivity index (χ1) is 9.79. The van der Waals surface area contributed by atoms with Crippen LogP contribution in [0.3, 0.4) is 0 Å². The minimum absolute atomic E-state index is 0.0779. The molecule has 0 aliphatic carbocycles. The molecule has 2 rings (SSSR count). The minimum Gasteiger partial charge on any atom is -0.423 e. The Hall–Kier alpha value is -1.36. The fourth-order valence-corrected chi connectivity index (χ4v) is 2.71. The fraction of sp³-hybridized carbons (Fsp3) is 0.278. The molecule has 0 aliphatic rings. The van der Waals surface area contributed by atoms with Gasteiger partial charge in [-0.05, 0) is 53.1 Å². The summed E-state index contributed by atoms with van der Waals surface area (Å²) in [4.78, 5) is 12.4. The summed E-state index contributed by atoms with van der Waals surface area (Å²) in [5.41, 5.74) is 2.72. The number of rotatable bonds is 2. The van der Waals surface area contributed by atoms with Gasteiger partial charge >= 0.3 is 5.97 Å². The van der Waals surface area contributed by atoms with E-state index in [0.717, 1.165) is 14.7 Å². The maximum absolute atomic E-state index is 12.4. The Balaban J connectivity index is 2.36. The predicted octanol–water partition coefficient (Wildman–Crippen LogP) is 5.12. The molecule has 0 saturated carbocycles. The molecule has 0 unspecified atom stereocenters. The van der Waals surface area contributed by atoms with Crippen LogP contribution in [0.1, 0.15) is 42.3 Å². The number of aryl methyl sites for hydroxylation is 1. The molecule has 0 heterocycles. The lowest BCUT2D eigenvalue weighted by atomic mass is 9.85. The SMILES string of the molecule is Cc1ccc(OC(=O)c2ccccc2I)c(C(C)(C)C)c1. The van der Waals surface area contributed by atoms with E-state index in [1.807, 2.05) is 37.3 Å². The van der Waals surface area contributed by atoms with Crippen LogP contribution in [0.15, 0.2) is 42.5 Å². The molecule has 2 aromatic carbocycles. The van der Waals surface area contributed by atoms with E-state index in [9.17, 15) is 4.79 Å². The van der Waals surface area contributed by atoms with Gasteiger partial charge in [0.05, 0.1) is 5.56 Å². The highest BCUT2D eigenvalue weighted by atomic mass is 127. The van der Waals surface area contributed by atoms with Gasteiger partial charge in [0.25, 0.3) is 0 Å². The van der Waals surface area contributed by atoms with Crippen molar-refractivity contribution in [2.24, 2.45) is 0 Å². The van der Waals surface area contributed by atoms with Crippen molar-refractivity contribution >= 4 is 28.6 Å². The largest absolute Gasteiger partial charge is 0.423 e. The maximum atomic E-state index is 12.4. The van der Waals surface area contributed by atoms with Gasteiger partial charge in [-0.3, -0.25) is 0 Å². The summed E-state index contributed by atoms with van der Waals surface area (Å²) in [7, 11) is 0. The Kier molecular flexibility index (Phi) is 4.71. The number of ether oxygens (including phenoxy) is 1. The van der Waals surface area contributed by atoms with E-state index in [2.05, 4.69) is 49.4 Å². The highest BCUT2D eigenvalue weighted by molar-refractivity contribution is 14.1. The monoisotopic (exact) mass is 394 g/mol. The summed E-state index contributed by atoms with van der Waals surface area (Å²) in [6.45, 7) is 8.39. The minimum atomic E-state index is -0.311. The van der Waals surface area contributed by atoms with Crippen LogP contribution in [-0.2, 0) is 5.41 Å². The molecule has 0 N–H and O–H groups in total. The van der Waals surface area contributed by atoms with E-state index in [1.165, 1.54) is 0 Å². The third-order valence-electron chi connectivity index (χ3n) is 3.24. The summed E-state index contributed by atoms with van der Waals surface area (Å²) in [6, 6.07) is 13.4. The van der Waals surface area contributed by atoms with Gasteiger partial charge in [0, 0.05) is 9.13 Å². The third-order valence-corrected chi connectivity index (χ3v) is 4.18. The van der Waals surface area contributed by atoms with Crippen molar-refractivity contribution in [2.75, 3.05) is 0 Å². The van der Waals surface area contributed by atoms with Gasteiger partial charge in [-0.15, -0.1) is 0 Å². The number of hydrogen-bond donors (Lipinski definition) is 0. The average molecular weight is 394 g/mol. The zero-order valence-corrected chi connectivity index (χ0v) is 14.9. The Morgan fingerprint density at radius 2 is 1.76 bits per heavy atom. The van der Waals surface area contributed by atoms with Crippen molar-refractivity contribution in [3.05, 3.63) is 62.7 Å². The molecular formula is C18H19IO2. The van der Waals surface area contributed by atoms with Crippen LogP contribution in [-0.4, -0.2) is 5.97 Å². The molecule has 0 fully saturated rings. The van der Waals surface area contributed by atoms with Crippen LogP contribution in [0.5, 0.6) is 5.75 Å². The first-order valence-corrected chi connectivity index (χ1v) is 7.95. The molecule has 0 bridgehead atoms. The standard InChI is InChI=1S/C18H19IO2/c1-12-9-10-16(14(11-12)18(2,3)4)21-17(20)13-7-5-6-8-15(13)19/h5-11H,1-4H3. The quantitative estimate of drug-likeness (QED) is 0.402. The van der Waals surface area contributed by atoms with E-state index in [-0.39, 0.29) is 11.4 Å². The van der Waals surface area contributed by atoms with E-state index in [1.54, 1.807) is 6.07 Å². The first-order valence-electron chi connectivity index (χ1n) is 6.87. The highest BCUT2D eigenvalue weighted by Gasteiger charge is 2.21. The molecule has 0 amide bonds. The van der Waals surface area contributed by atoms with Crippen LogP contribution in [0.25, 0.3) is 0 Å². The normalized spacial score (nSPS) is 11.3. The van der Waals surface area contributed by atoms with Crippen molar-refractivity contribution in [3.8, 4) is 5.75 Å². The molecule has 0 radical (unpaired) electrons. The summed E-state index contributed by atoms with van der Waals surface area (Å²) >= 11 is 2.15. The molecule has 21 heavy (non-hydrogen) atoms. The second-order valence-corrected chi connectivity index (χ2v) is 7.28. The zero-order chi connectivity index (χ0) is 15.6. The molecule has 110 valence electrons. The smallest absolute Gasteiger partial charge is 0.344 e. The van der Waals surface area contributed by atoms with Gasteiger partial charge in [0.1, 0.15) is 5.75 Å². The zero-order valence-electron chi connectivity index (χ0n) is 12.7. The molecule has 0 saturated heterocycles. The van der Waals surface area contributed by atoms with Crippen molar-refractivity contribution in [3.63, 3.8) is 0 Å². The molecule has 2 aromatic rings. The second-order valence-electron chi connectivity index (χ2n) is 6.12. The van der Waals surface area contributed by atoms with Crippen LogP contribution in [0.4, 0.5) is 0 Å². The molecule has 0 atom stereocenters. The lowest BCUT2D eigenvalue weighted by Gasteiger charge is -2.23. The van der Waals surface area contributed by atoms with Crippen molar-refractivity contribution in [1.82, 2.24) is 0 Å². The maximum Gasteiger partial charge on any atom is 0.344 e. The average Bonchev–Trinajstić information content (AvgIpc) is 2.40. The summed E-state index contributed by atoms with van der Waals surface area (Å²) in [5.74, 6) is 0.326. The van der Waals surface area contributed by atoms with Crippen LogP contribution in [0, 0.1) is 10.5 Å². The molecule has 0 aliphatic heterocycles. The Bertz CT molecular complexity index is 669. The number of esters is 1. The van der Waals surface area contributed by atoms with Gasteiger partial charge in [0.15, 0.2) is 0 Å². The van der Waals surface area contributed by atoms with Crippen LogP contribution >= 0.6 is 22.6 Å². The van der Waals surface area contributed by atoms with Crippen LogP contribution < -0.4 is 4.74 Å². The topological polar surface area (TPSA) is 26.3 Å². The number of carbonyl (C=O) groups excluding carboxylic acids is 1. The van der Waals surface area contributed by atoms with E-state index >= 15 is 0 Å². The van der Waals surface area contributed by atoms with Gasteiger partial charge < -0.3 is 4.74 Å². The second kappa shape index (κ2) is 6.18. The number of benzene rings is 2. The summed E-state index contributed by atoms with van der Waals surface area (Å²) in [6.07, 6.45) is 0. The summed E-state index contributed by atoms with van der Waals surface area (Å²) in [5, 5.41) is 0. The van der Waals surface area contributed by atoms with Gasteiger partial charge in [-0.2, -0.15) is 0 Å². The van der Waals surface area contributed by atoms with Gasteiger partial charge in [0.2, 0.25) is 0 Å².